The Morgan fingerprint density at radius 1 is 1.22 bits per heavy atom. The van der Waals surface area contributed by atoms with Crippen LogP contribution in [0.3, 0.4) is 0 Å². The molecule has 6 heteroatoms. The van der Waals surface area contributed by atoms with Gasteiger partial charge in [-0.2, -0.15) is 8.78 Å². The largest absolute Gasteiger partial charge is 0.434 e. The minimum Gasteiger partial charge on any atom is -0.434 e. The van der Waals surface area contributed by atoms with Crippen molar-refractivity contribution in [2.24, 2.45) is 0 Å². The van der Waals surface area contributed by atoms with Gasteiger partial charge in [-0.3, -0.25) is 0 Å². The van der Waals surface area contributed by atoms with Crippen LogP contribution in [0, 0.1) is 0 Å². The van der Waals surface area contributed by atoms with E-state index in [1.54, 1.807) is 12.1 Å². The van der Waals surface area contributed by atoms with Crippen molar-refractivity contribution in [3.8, 4) is 5.75 Å². The Labute approximate surface area is 140 Å². The van der Waals surface area contributed by atoms with E-state index < -0.39 is 6.61 Å². The predicted octanol–water partition coefficient (Wildman–Crippen LogP) is 4.94. The van der Waals surface area contributed by atoms with Crippen LogP contribution in [0.2, 0.25) is 0 Å². The minimum atomic E-state index is -2.83. The molecule has 3 aromatic rings. The zero-order chi connectivity index (χ0) is 16.0. The predicted molar refractivity (Wildman–Crippen MR) is 87.0 cm³/mol. The molecular weight excluding hydrogens is 366 g/mol. The number of benzene rings is 2. The summed E-state index contributed by atoms with van der Waals surface area (Å²) in [7, 11) is 0. The second kappa shape index (κ2) is 5.60. The van der Waals surface area contributed by atoms with Crippen LogP contribution in [-0.4, -0.2) is 16.2 Å². The first-order chi connectivity index (χ1) is 11.1. The molecule has 0 spiro atoms. The molecule has 1 aromatic heterocycles. The average Bonchev–Trinajstić information content (AvgIpc) is 3.06. The summed E-state index contributed by atoms with van der Waals surface area (Å²) in [6.07, 6.45) is 1.65. The molecular formula is C17H13BrF2N2O. The third-order valence-corrected chi connectivity index (χ3v) is 4.66. The lowest BCUT2D eigenvalue weighted by atomic mass is 10.0. The van der Waals surface area contributed by atoms with E-state index in [0.717, 1.165) is 39.7 Å². The fourth-order valence-electron chi connectivity index (χ4n) is 3.29. The number of fused-ring (bicyclic) bond motifs is 3. The van der Waals surface area contributed by atoms with Crippen LogP contribution in [0.1, 0.15) is 23.9 Å². The Hall–Kier alpha value is -1.95. The molecule has 0 fully saturated rings. The van der Waals surface area contributed by atoms with Crippen molar-refractivity contribution in [3.63, 3.8) is 0 Å². The number of hydrogen-bond donors (Lipinski definition) is 0. The number of aromatic nitrogens is 2. The fourth-order valence-corrected chi connectivity index (χ4v) is 3.64. The molecule has 0 saturated heterocycles. The molecule has 1 atom stereocenters. The average molecular weight is 379 g/mol. The first kappa shape index (κ1) is 14.6. The molecule has 0 bridgehead atoms. The van der Waals surface area contributed by atoms with E-state index in [9.17, 15) is 8.78 Å². The molecule has 0 saturated carbocycles. The van der Waals surface area contributed by atoms with Gasteiger partial charge < -0.3 is 9.30 Å². The monoisotopic (exact) mass is 378 g/mol. The molecule has 2 heterocycles. The molecule has 118 valence electrons. The first-order valence-corrected chi connectivity index (χ1v) is 8.13. The second-order valence-electron chi connectivity index (χ2n) is 5.50. The number of para-hydroxylation sites is 1. The molecule has 3 nitrogen and oxygen atoms in total. The SMILES string of the molecule is FC(F)Oc1ccccc1[C@@H]1CCc2nc3ccc(Br)cc3n21. The molecule has 2 aromatic carbocycles. The molecule has 0 unspecified atom stereocenters. The van der Waals surface area contributed by atoms with Crippen molar-refractivity contribution >= 4 is 27.0 Å². The minimum absolute atomic E-state index is 0.0424. The fraction of sp³-hybridized carbons (Fsp3) is 0.235. The molecule has 0 aliphatic carbocycles. The van der Waals surface area contributed by atoms with E-state index in [2.05, 4.69) is 25.5 Å². The Kier molecular flexibility index (Phi) is 3.56. The van der Waals surface area contributed by atoms with Crippen LogP contribution in [0.25, 0.3) is 11.0 Å². The highest BCUT2D eigenvalue weighted by Gasteiger charge is 2.29. The Balaban J connectivity index is 1.85. The summed E-state index contributed by atoms with van der Waals surface area (Å²) in [5, 5.41) is 0. The zero-order valence-corrected chi connectivity index (χ0v) is 13.6. The van der Waals surface area contributed by atoms with Gasteiger partial charge in [0.05, 0.1) is 17.1 Å². The zero-order valence-electron chi connectivity index (χ0n) is 12.0. The Bertz CT molecular complexity index is 878. The normalized spacial score (nSPS) is 17.0. The molecule has 23 heavy (non-hydrogen) atoms. The summed E-state index contributed by atoms with van der Waals surface area (Å²) < 4.78 is 33.2. The highest BCUT2D eigenvalue weighted by atomic mass is 79.9. The van der Waals surface area contributed by atoms with Gasteiger partial charge in [0, 0.05) is 16.5 Å². The third kappa shape index (κ3) is 2.51. The molecule has 0 radical (unpaired) electrons. The van der Waals surface area contributed by atoms with Gasteiger partial charge in [0.25, 0.3) is 0 Å². The Morgan fingerprint density at radius 2 is 2.04 bits per heavy atom. The highest BCUT2D eigenvalue weighted by Crippen LogP contribution is 2.39. The summed E-state index contributed by atoms with van der Waals surface area (Å²) >= 11 is 3.48. The number of hydrogen-bond acceptors (Lipinski definition) is 2. The van der Waals surface area contributed by atoms with Crippen molar-refractivity contribution in [1.82, 2.24) is 9.55 Å². The maximum absolute atomic E-state index is 12.7. The molecule has 1 aliphatic heterocycles. The van der Waals surface area contributed by atoms with Gasteiger partial charge in [-0.1, -0.05) is 34.1 Å². The van der Waals surface area contributed by atoms with Gasteiger partial charge in [-0.05, 0) is 30.7 Å². The number of aryl methyl sites for hydroxylation is 1. The number of rotatable bonds is 3. The van der Waals surface area contributed by atoms with Gasteiger partial charge in [0.1, 0.15) is 11.6 Å². The standard InChI is InChI=1S/C17H13BrF2N2O/c18-10-5-6-12-14(9-10)22-13(7-8-16(22)21-12)11-3-1-2-4-15(11)23-17(19)20/h1-6,9,13,17H,7-8H2/t13-/m0/s1. The van der Waals surface area contributed by atoms with Gasteiger partial charge >= 0.3 is 6.61 Å². The summed E-state index contributed by atoms with van der Waals surface area (Å²) in [5.41, 5.74) is 2.69. The van der Waals surface area contributed by atoms with Gasteiger partial charge in [-0.25, -0.2) is 4.98 Å². The first-order valence-electron chi connectivity index (χ1n) is 7.33. The summed E-state index contributed by atoms with van der Waals surface area (Å²) in [5.74, 6) is 1.21. The van der Waals surface area contributed by atoms with E-state index in [-0.39, 0.29) is 11.8 Å². The van der Waals surface area contributed by atoms with Crippen LogP contribution in [0.5, 0.6) is 5.75 Å². The number of alkyl halides is 2. The number of nitrogens with zero attached hydrogens (tertiary/aromatic N) is 2. The molecule has 4 rings (SSSR count). The van der Waals surface area contributed by atoms with E-state index in [1.165, 1.54) is 0 Å². The maximum atomic E-state index is 12.7. The van der Waals surface area contributed by atoms with Crippen LogP contribution >= 0.6 is 15.9 Å². The van der Waals surface area contributed by atoms with Crippen molar-refractivity contribution in [2.45, 2.75) is 25.5 Å². The van der Waals surface area contributed by atoms with E-state index >= 15 is 0 Å². The smallest absolute Gasteiger partial charge is 0.387 e. The van der Waals surface area contributed by atoms with Crippen molar-refractivity contribution in [3.05, 3.63) is 58.3 Å². The summed E-state index contributed by atoms with van der Waals surface area (Å²) in [6.45, 7) is -2.83. The lowest BCUT2D eigenvalue weighted by Gasteiger charge is -2.18. The summed E-state index contributed by atoms with van der Waals surface area (Å²) in [4.78, 5) is 4.65. The summed E-state index contributed by atoms with van der Waals surface area (Å²) in [6, 6.07) is 12.9. The van der Waals surface area contributed by atoms with Crippen LogP contribution in [0.4, 0.5) is 8.78 Å². The maximum Gasteiger partial charge on any atom is 0.387 e. The molecule has 0 N–H and O–H groups in total. The topological polar surface area (TPSA) is 27.1 Å². The van der Waals surface area contributed by atoms with Crippen molar-refractivity contribution < 1.29 is 13.5 Å². The lowest BCUT2D eigenvalue weighted by molar-refractivity contribution is -0.0506. The quantitative estimate of drug-likeness (QED) is 0.645. The third-order valence-electron chi connectivity index (χ3n) is 4.17. The van der Waals surface area contributed by atoms with Crippen LogP contribution < -0.4 is 4.74 Å². The van der Waals surface area contributed by atoms with E-state index in [4.69, 9.17) is 4.74 Å². The Morgan fingerprint density at radius 3 is 2.87 bits per heavy atom. The van der Waals surface area contributed by atoms with Crippen LogP contribution in [-0.2, 0) is 6.42 Å². The highest BCUT2D eigenvalue weighted by molar-refractivity contribution is 9.10. The molecule has 1 aliphatic rings. The van der Waals surface area contributed by atoms with E-state index in [1.807, 2.05) is 30.3 Å². The second-order valence-corrected chi connectivity index (χ2v) is 6.42. The number of imidazole rings is 1. The van der Waals surface area contributed by atoms with Gasteiger partial charge in [0.2, 0.25) is 0 Å². The van der Waals surface area contributed by atoms with Crippen molar-refractivity contribution in [1.29, 1.82) is 0 Å². The lowest BCUT2D eigenvalue weighted by Crippen LogP contribution is -2.10. The number of ether oxygens (including phenoxy) is 1. The van der Waals surface area contributed by atoms with Gasteiger partial charge in [0.15, 0.2) is 0 Å². The molecule has 0 amide bonds. The van der Waals surface area contributed by atoms with Crippen molar-refractivity contribution in [2.75, 3.05) is 0 Å². The van der Waals surface area contributed by atoms with Gasteiger partial charge in [-0.15, -0.1) is 0 Å². The number of halogens is 3. The van der Waals surface area contributed by atoms with E-state index in [0.29, 0.717) is 0 Å². The van der Waals surface area contributed by atoms with Crippen LogP contribution in [0.15, 0.2) is 46.9 Å².